The summed E-state index contributed by atoms with van der Waals surface area (Å²) in [4.78, 5) is 26.9. The highest BCUT2D eigenvalue weighted by molar-refractivity contribution is 5.92. The summed E-state index contributed by atoms with van der Waals surface area (Å²) in [7, 11) is 0. The molecule has 0 aliphatic carbocycles. The minimum Gasteiger partial charge on any atom is -0.361 e. The summed E-state index contributed by atoms with van der Waals surface area (Å²) in [6.07, 6.45) is 5.10. The monoisotopic (exact) mass is 349 g/mol. The van der Waals surface area contributed by atoms with Crippen molar-refractivity contribution in [1.82, 2.24) is 20.3 Å². The van der Waals surface area contributed by atoms with Crippen molar-refractivity contribution in [2.75, 3.05) is 24.5 Å². The van der Waals surface area contributed by atoms with Crippen LogP contribution in [0.3, 0.4) is 0 Å². The molecule has 6 nitrogen and oxygen atoms in total. The van der Waals surface area contributed by atoms with Gasteiger partial charge in [0.1, 0.15) is 5.69 Å². The molecule has 1 aliphatic heterocycles. The van der Waals surface area contributed by atoms with E-state index in [1.165, 1.54) is 10.9 Å². The molecule has 0 saturated carbocycles. The van der Waals surface area contributed by atoms with E-state index < -0.39 is 0 Å². The number of aryl methyl sites for hydroxylation is 1. The van der Waals surface area contributed by atoms with E-state index in [-0.39, 0.29) is 5.91 Å². The highest BCUT2D eigenvalue weighted by atomic mass is 16.1. The molecule has 0 unspecified atom stereocenters. The molecule has 0 spiro atoms. The fourth-order valence-electron chi connectivity index (χ4n) is 3.47. The summed E-state index contributed by atoms with van der Waals surface area (Å²) in [5.74, 6) is 0.528. The largest absolute Gasteiger partial charge is 0.361 e. The Morgan fingerprint density at radius 1 is 1.23 bits per heavy atom. The van der Waals surface area contributed by atoms with Crippen molar-refractivity contribution in [1.29, 1.82) is 0 Å². The predicted octanol–water partition coefficient (Wildman–Crippen LogP) is 2.84. The van der Waals surface area contributed by atoms with Gasteiger partial charge >= 0.3 is 0 Å². The molecular formula is C20H23N5O. The number of benzene rings is 1. The Balaban J connectivity index is 1.41. The Bertz CT molecular complexity index is 927. The van der Waals surface area contributed by atoms with E-state index in [0.717, 1.165) is 43.6 Å². The fraction of sp³-hybridized carbons (Fsp3) is 0.350. The van der Waals surface area contributed by atoms with Crippen LogP contribution >= 0.6 is 0 Å². The normalized spacial score (nSPS) is 14.1. The third-order valence-electron chi connectivity index (χ3n) is 4.82. The maximum absolute atomic E-state index is 12.5. The number of fused-ring (bicyclic) bond motifs is 1. The summed E-state index contributed by atoms with van der Waals surface area (Å²) < 4.78 is 0. The first-order valence-electron chi connectivity index (χ1n) is 9.14. The van der Waals surface area contributed by atoms with E-state index in [9.17, 15) is 4.79 Å². The van der Waals surface area contributed by atoms with Crippen LogP contribution in [0.25, 0.3) is 10.9 Å². The number of aromatic nitrogens is 3. The van der Waals surface area contributed by atoms with Crippen molar-refractivity contribution < 1.29 is 4.79 Å². The Morgan fingerprint density at radius 2 is 2.04 bits per heavy atom. The lowest BCUT2D eigenvalue weighted by Gasteiger charge is -2.16. The second-order valence-corrected chi connectivity index (χ2v) is 6.75. The molecule has 1 saturated heterocycles. The molecule has 0 atom stereocenters. The lowest BCUT2D eigenvalue weighted by molar-refractivity contribution is 0.0949. The number of hydrogen-bond donors (Lipinski definition) is 2. The average molecular weight is 349 g/mol. The highest BCUT2D eigenvalue weighted by Crippen LogP contribution is 2.18. The maximum Gasteiger partial charge on any atom is 0.270 e. The number of aromatic amines is 1. The molecule has 6 heteroatoms. The van der Waals surface area contributed by atoms with Crippen molar-refractivity contribution in [3.8, 4) is 0 Å². The van der Waals surface area contributed by atoms with Crippen LogP contribution in [-0.4, -0.2) is 40.5 Å². The highest BCUT2D eigenvalue weighted by Gasteiger charge is 2.18. The lowest BCUT2D eigenvalue weighted by atomic mass is 10.1. The van der Waals surface area contributed by atoms with Gasteiger partial charge in [0.15, 0.2) is 0 Å². The van der Waals surface area contributed by atoms with Gasteiger partial charge in [-0.05, 0) is 43.9 Å². The van der Waals surface area contributed by atoms with E-state index >= 15 is 0 Å². The summed E-state index contributed by atoms with van der Waals surface area (Å²) in [5, 5.41) is 4.19. The van der Waals surface area contributed by atoms with Crippen LogP contribution in [0, 0.1) is 6.92 Å². The van der Waals surface area contributed by atoms with Crippen molar-refractivity contribution >= 4 is 22.8 Å². The zero-order chi connectivity index (χ0) is 17.9. The van der Waals surface area contributed by atoms with Gasteiger partial charge in [-0.15, -0.1) is 0 Å². The number of nitrogens with one attached hydrogen (secondary N) is 2. The topological polar surface area (TPSA) is 73.9 Å². The molecule has 1 amide bonds. The third kappa shape index (κ3) is 3.40. The Labute approximate surface area is 152 Å². The first-order valence-corrected chi connectivity index (χ1v) is 9.14. The molecular weight excluding hydrogens is 326 g/mol. The molecule has 3 heterocycles. The van der Waals surface area contributed by atoms with Crippen molar-refractivity contribution in [2.45, 2.75) is 26.2 Å². The number of carbonyl (C=O) groups is 1. The van der Waals surface area contributed by atoms with Gasteiger partial charge < -0.3 is 15.2 Å². The molecule has 26 heavy (non-hydrogen) atoms. The molecule has 0 radical (unpaired) electrons. The number of para-hydroxylation sites is 1. The summed E-state index contributed by atoms with van der Waals surface area (Å²) in [5.41, 5.74) is 3.59. The molecule has 1 aliphatic rings. The summed E-state index contributed by atoms with van der Waals surface area (Å²) >= 11 is 0. The van der Waals surface area contributed by atoms with Crippen LogP contribution < -0.4 is 10.2 Å². The average Bonchev–Trinajstić information content (AvgIpc) is 3.31. The first kappa shape index (κ1) is 16.6. The number of amides is 1. The van der Waals surface area contributed by atoms with Crippen molar-refractivity contribution in [2.24, 2.45) is 0 Å². The number of rotatable bonds is 5. The summed E-state index contributed by atoms with van der Waals surface area (Å²) in [6.45, 7) is 4.41. The Hall–Kier alpha value is -2.89. The molecule has 1 aromatic carbocycles. The lowest BCUT2D eigenvalue weighted by Crippen LogP contribution is -2.28. The molecule has 2 N–H and O–H groups in total. The summed E-state index contributed by atoms with van der Waals surface area (Å²) in [6, 6.07) is 9.95. The van der Waals surface area contributed by atoms with Crippen molar-refractivity contribution in [3.63, 3.8) is 0 Å². The molecule has 4 rings (SSSR count). The second kappa shape index (κ2) is 7.15. The van der Waals surface area contributed by atoms with Crippen LogP contribution in [-0.2, 0) is 6.42 Å². The zero-order valence-electron chi connectivity index (χ0n) is 15.0. The van der Waals surface area contributed by atoms with Gasteiger partial charge in [0.2, 0.25) is 5.95 Å². The number of anilines is 1. The van der Waals surface area contributed by atoms with E-state index in [0.29, 0.717) is 18.2 Å². The van der Waals surface area contributed by atoms with Crippen LogP contribution in [0.2, 0.25) is 0 Å². The van der Waals surface area contributed by atoms with Crippen LogP contribution in [0.4, 0.5) is 5.95 Å². The van der Waals surface area contributed by atoms with E-state index in [4.69, 9.17) is 0 Å². The van der Waals surface area contributed by atoms with E-state index in [1.54, 1.807) is 6.07 Å². The van der Waals surface area contributed by atoms with Crippen LogP contribution in [0.15, 0.2) is 36.5 Å². The van der Waals surface area contributed by atoms with Crippen LogP contribution in [0.5, 0.6) is 0 Å². The standard InChI is InChI=1S/C20H23N5O/c1-14-12-18(24-20(23-14)25-10-4-5-11-25)19(26)21-9-8-15-13-22-17-7-3-2-6-16(15)17/h2-3,6-7,12-13,22H,4-5,8-11H2,1H3,(H,21,26). The molecule has 2 aromatic heterocycles. The van der Waals surface area contributed by atoms with Crippen LogP contribution in [0.1, 0.15) is 34.6 Å². The van der Waals surface area contributed by atoms with Gasteiger partial charge in [-0.1, -0.05) is 18.2 Å². The third-order valence-corrected chi connectivity index (χ3v) is 4.82. The zero-order valence-corrected chi connectivity index (χ0v) is 15.0. The van der Waals surface area contributed by atoms with Crippen molar-refractivity contribution in [3.05, 3.63) is 53.5 Å². The van der Waals surface area contributed by atoms with Gasteiger partial charge in [0, 0.05) is 42.4 Å². The molecule has 134 valence electrons. The van der Waals surface area contributed by atoms with Gasteiger partial charge in [-0.3, -0.25) is 4.79 Å². The number of hydrogen-bond acceptors (Lipinski definition) is 4. The van der Waals surface area contributed by atoms with Gasteiger partial charge in [0.05, 0.1) is 0 Å². The smallest absolute Gasteiger partial charge is 0.270 e. The van der Waals surface area contributed by atoms with E-state index in [1.807, 2.05) is 25.3 Å². The molecule has 0 bridgehead atoms. The molecule has 3 aromatic rings. The number of carbonyl (C=O) groups excluding carboxylic acids is 1. The predicted molar refractivity (Wildman–Crippen MR) is 103 cm³/mol. The van der Waals surface area contributed by atoms with Gasteiger partial charge in [-0.25, -0.2) is 9.97 Å². The Morgan fingerprint density at radius 3 is 2.88 bits per heavy atom. The van der Waals surface area contributed by atoms with Gasteiger partial charge in [0.25, 0.3) is 5.91 Å². The fourth-order valence-corrected chi connectivity index (χ4v) is 3.47. The minimum absolute atomic E-state index is 0.143. The quantitative estimate of drug-likeness (QED) is 0.743. The van der Waals surface area contributed by atoms with E-state index in [2.05, 4.69) is 37.3 Å². The van der Waals surface area contributed by atoms with Gasteiger partial charge in [-0.2, -0.15) is 0 Å². The first-order chi connectivity index (χ1) is 12.7. The second-order valence-electron chi connectivity index (χ2n) is 6.75. The maximum atomic E-state index is 12.5. The molecule has 1 fully saturated rings. The Kier molecular flexibility index (Phi) is 4.56. The minimum atomic E-state index is -0.143. The SMILES string of the molecule is Cc1cc(C(=O)NCCc2c[nH]c3ccccc23)nc(N2CCCC2)n1. The number of H-pyrrole nitrogens is 1. The number of nitrogens with zero attached hydrogens (tertiary/aromatic N) is 3.